The zero-order valence-electron chi connectivity index (χ0n) is 13.6. The van der Waals surface area contributed by atoms with Crippen molar-refractivity contribution in [2.45, 2.75) is 13.5 Å². The number of aromatic carboxylic acids is 1. The molecular formula is C18H17N5O2. The molecule has 0 spiro atoms. The molecule has 0 saturated heterocycles. The number of carbonyl (C=O) groups is 1. The molecule has 2 heterocycles. The second-order valence-corrected chi connectivity index (χ2v) is 5.44. The van der Waals surface area contributed by atoms with Gasteiger partial charge in [0.05, 0.1) is 5.56 Å². The highest BCUT2D eigenvalue weighted by Crippen LogP contribution is 2.18. The van der Waals surface area contributed by atoms with Gasteiger partial charge in [0.2, 0.25) is 5.95 Å². The average molecular weight is 335 g/mol. The maximum atomic E-state index is 11.1. The molecule has 0 aliphatic carbocycles. The zero-order valence-corrected chi connectivity index (χ0v) is 13.6. The molecule has 126 valence electrons. The van der Waals surface area contributed by atoms with Crippen LogP contribution in [0.15, 0.2) is 54.9 Å². The van der Waals surface area contributed by atoms with Gasteiger partial charge in [0.1, 0.15) is 5.82 Å². The van der Waals surface area contributed by atoms with Crippen molar-refractivity contribution in [2.75, 3.05) is 10.6 Å². The van der Waals surface area contributed by atoms with Crippen LogP contribution in [0.5, 0.6) is 0 Å². The van der Waals surface area contributed by atoms with Crippen LogP contribution in [0, 0.1) is 6.92 Å². The average Bonchev–Trinajstić information content (AvgIpc) is 2.60. The highest BCUT2D eigenvalue weighted by molar-refractivity contribution is 5.89. The molecule has 0 radical (unpaired) electrons. The van der Waals surface area contributed by atoms with Gasteiger partial charge in [-0.3, -0.25) is 4.98 Å². The first kappa shape index (κ1) is 16.4. The van der Waals surface area contributed by atoms with Crippen molar-refractivity contribution in [3.05, 3.63) is 71.7 Å². The number of anilines is 3. The lowest BCUT2D eigenvalue weighted by molar-refractivity contribution is 0.0697. The number of carboxylic acid groups (broad SMARTS) is 1. The molecule has 7 heteroatoms. The van der Waals surface area contributed by atoms with Crippen LogP contribution in [0.3, 0.4) is 0 Å². The molecule has 0 bridgehead atoms. The van der Waals surface area contributed by atoms with Gasteiger partial charge in [-0.1, -0.05) is 6.07 Å². The first-order valence-electron chi connectivity index (χ1n) is 7.69. The van der Waals surface area contributed by atoms with Crippen LogP contribution < -0.4 is 10.6 Å². The summed E-state index contributed by atoms with van der Waals surface area (Å²) in [5.41, 5.74) is 2.73. The standard InChI is InChI=1S/C18H17N5O2/c1-12-9-16(22-15-4-2-3-14(10-15)17(24)25)23-18(21-12)20-11-13-5-7-19-8-6-13/h2-10H,11H2,1H3,(H,24,25)(H2,20,21,22,23). The van der Waals surface area contributed by atoms with Gasteiger partial charge in [-0.2, -0.15) is 4.98 Å². The molecule has 3 aromatic rings. The van der Waals surface area contributed by atoms with Crippen molar-refractivity contribution in [1.29, 1.82) is 0 Å². The Morgan fingerprint density at radius 3 is 2.68 bits per heavy atom. The number of nitrogens with one attached hydrogen (secondary N) is 2. The predicted octanol–water partition coefficient (Wildman–Crippen LogP) is 3.23. The molecule has 0 amide bonds. The molecule has 7 nitrogen and oxygen atoms in total. The van der Waals surface area contributed by atoms with Crippen LogP contribution in [0.2, 0.25) is 0 Å². The molecule has 0 saturated carbocycles. The number of aryl methyl sites for hydroxylation is 1. The van der Waals surface area contributed by atoms with Crippen molar-refractivity contribution in [2.24, 2.45) is 0 Å². The van der Waals surface area contributed by atoms with Crippen LogP contribution in [0.25, 0.3) is 0 Å². The molecule has 1 aromatic carbocycles. The number of benzene rings is 1. The highest BCUT2D eigenvalue weighted by Gasteiger charge is 2.06. The summed E-state index contributed by atoms with van der Waals surface area (Å²) in [6.07, 6.45) is 3.47. The SMILES string of the molecule is Cc1cc(Nc2cccc(C(=O)O)c2)nc(NCc2ccncc2)n1. The van der Waals surface area contributed by atoms with E-state index < -0.39 is 5.97 Å². The van der Waals surface area contributed by atoms with Gasteiger partial charge < -0.3 is 15.7 Å². The Labute approximate surface area is 144 Å². The first-order valence-corrected chi connectivity index (χ1v) is 7.69. The predicted molar refractivity (Wildman–Crippen MR) is 95.0 cm³/mol. The van der Waals surface area contributed by atoms with Crippen LogP contribution >= 0.6 is 0 Å². The maximum Gasteiger partial charge on any atom is 0.335 e. The molecule has 0 fully saturated rings. The van der Waals surface area contributed by atoms with Crippen LogP contribution in [-0.2, 0) is 6.54 Å². The van der Waals surface area contributed by atoms with Gasteiger partial charge in [-0.25, -0.2) is 9.78 Å². The number of carboxylic acids is 1. The topological polar surface area (TPSA) is 100 Å². The number of aromatic nitrogens is 3. The van der Waals surface area contributed by atoms with Gasteiger partial charge in [0, 0.05) is 36.4 Å². The molecule has 0 aliphatic rings. The van der Waals surface area contributed by atoms with E-state index in [0.29, 0.717) is 24.0 Å². The smallest absolute Gasteiger partial charge is 0.335 e. The molecule has 2 aromatic heterocycles. The molecule has 0 aliphatic heterocycles. The molecule has 25 heavy (non-hydrogen) atoms. The molecular weight excluding hydrogens is 318 g/mol. The Hall–Kier alpha value is -3.48. The second kappa shape index (κ2) is 7.39. The van der Waals surface area contributed by atoms with E-state index in [1.54, 1.807) is 42.7 Å². The van der Waals surface area contributed by atoms with Crippen LogP contribution in [-0.4, -0.2) is 26.0 Å². The minimum Gasteiger partial charge on any atom is -0.478 e. The Bertz CT molecular complexity index is 884. The van der Waals surface area contributed by atoms with E-state index in [4.69, 9.17) is 5.11 Å². The first-order chi connectivity index (χ1) is 12.1. The summed E-state index contributed by atoms with van der Waals surface area (Å²) in [4.78, 5) is 23.8. The van der Waals surface area contributed by atoms with Crippen LogP contribution in [0.1, 0.15) is 21.6 Å². The number of hydrogen-bond acceptors (Lipinski definition) is 6. The fourth-order valence-corrected chi connectivity index (χ4v) is 2.27. The normalized spacial score (nSPS) is 10.3. The van der Waals surface area contributed by atoms with Crippen molar-refractivity contribution in [1.82, 2.24) is 15.0 Å². The third-order valence-corrected chi connectivity index (χ3v) is 3.44. The van der Waals surface area contributed by atoms with Gasteiger partial charge in [-0.15, -0.1) is 0 Å². The van der Waals surface area contributed by atoms with E-state index in [1.807, 2.05) is 19.1 Å². The van der Waals surface area contributed by atoms with Gasteiger partial charge in [-0.05, 0) is 42.8 Å². The van der Waals surface area contributed by atoms with Gasteiger partial charge in [0.15, 0.2) is 0 Å². The molecule has 0 atom stereocenters. The Morgan fingerprint density at radius 1 is 1.12 bits per heavy atom. The summed E-state index contributed by atoms with van der Waals surface area (Å²) in [6.45, 7) is 2.46. The summed E-state index contributed by atoms with van der Waals surface area (Å²) in [7, 11) is 0. The monoisotopic (exact) mass is 335 g/mol. The van der Waals surface area contributed by atoms with E-state index in [-0.39, 0.29) is 5.56 Å². The van der Waals surface area contributed by atoms with E-state index in [0.717, 1.165) is 11.3 Å². The quantitative estimate of drug-likeness (QED) is 0.636. The number of hydrogen-bond donors (Lipinski definition) is 3. The number of rotatable bonds is 6. The van der Waals surface area contributed by atoms with Crippen LogP contribution in [0.4, 0.5) is 17.5 Å². The van der Waals surface area contributed by atoms with Crippen molar-refractivity contribution in [3.63, 3.8) is 0 Å². The number of nitrogens with zero attached hydrogens (tertiary/aromatic N) is 3. The summed E-state index contributed by atoms with van der Waals surface area (Å²) in [6, 6.07) is 12.2. The molecule has 3 rings (SSSR count). The van der Waals surface area contributed by atoms with E-state index in [9.17, 15) is 4.79 Å². The van der Waals surface area contributed by atoms with E-state index >= 15 is 0 Å². The lowest BCUT2D eigenvalue weighted by Gasteiger charge is -2.10. The Kier molecular flexibility index (Phi) is 4.84. The minimum absolute atomic E-state index is 0.215. The summed E-state index contributed by atoms with van der Waals surface area (Å²) < 4.78 is 0. The Balaban J connectivity index is 1.75. The summed E-state index contributed by atoms with van der Waals surface area (Å²) in [5.74, 6) is 0.114. The third-order valence-electron chi connectivity index (χ3n) is 3.44. The van der Waals surface area contributed by atoms with Gasteiger partial charge in [0.25, 0.3) is 0 Å². The second-order valence-electron chi connectivity index (χ2n) is 5.44. The van der Waals surface area contributed by atoms with Crippen molar-refractivity contribution in [3.8, 4) is 0 Å². The van der Waals surface area contributed by atoms with Crippen molar-refractivity contribution < 1.29 is 9.90 Å². The highest BCUT2D eigenvalue weighted by atomic mass is 16.4. The van der Waals surface area contributed by atoms with E-state index in [2.05, 4.69) is 25.6 Å². The minimum atomic E-state index is -0.970. The van der Waals surface area contributed by atoms with Crippen molar-refractivity contribution >= 4 is 23.4 Å². The Morgan fingerprint density at radius 2 is 1.92 bits per heavy atom. The molecule has 0 unspecified atom stereocenters. The molecule has 3 N–H and O–H groups in total. The fourth-order valence-electron chi connectivity index (χ4n) is 2.27. The number of pyridine rings is 1. The lowest BCUT2D eigenvalue weighted by Crippen LogP contribution is -2.06. The third kappa shape index (κ3) is 4.51. The summed E-state index contributed by atoms with van der Waals surface area (Å²) >= 11 is 0. The lowest BCUT2D eigenvalue weighted by atomic mass is 10.2. The maximum absolute atomic E-state index is 11.1. The largest absolute Gasteiger partial charge is 0.478 e. The van der Waals surface area contributed by atoms with Gasteiger partial charge >= 0.3 is 5.97 Å². The zero-order chi connectivity index (χ0) is 17.6. The van der Waals surface area contributed by atoms with E-state index in [1.165, 1.54) is 0 Å². The fraction of sp³-hybridized carbons (Fsp3) is 0.111. The summed E-state index contributed by atoms with van der Waals surface area (Å²) in [5, 5.41) is 15.4.